The fraction of sp³-hybridized carbons (Fsp3) is 0.353. The van der Waals surface area contributed by atoms with E-state index in [1.165, 1.54) is 35.6 Å². The number of anilines is 1. The van der Waals surface area contributed by atoms with Crippen LogP contribution in [0.4, 0.5) is 10.1 Å². The second-order valence-electron chi connectivity index (χ2n) is 5.89. The molecule has 0 atom stereocenters. The summed E-state index contributed by atoms with van der Waals surface area (Å²) in [5.41, 5.74) is 6.51. The molecule has 1 aromatic heterocycles. The number of nitrogens with one attached hydrogen (secondary N) is 1. The van der Waals surface area contributed by atoms with Crippen molar-refractivity contribution in [3.05, 3.63) is 46.2 Å². The molecule has 0 spiro atoms. The number of carbonyl (C=O) groups excluding carboxylic acids is 2. The number of thiazole rings is 1. The number of amides is 2. The van der Waals surface area contributed by atoms with E-state index in [9.17, 15) is 14.0 Å². The van der Waals surface area contributed by atoms with Gasteiger partial charge < -0.3 is 16.0 Å². The molecule has 2 aromatic rings. The molecule has 2 amide bonds. The maximum Gasteiger partial charge on any atom is 0.273 e. The lowest BCUT2D eigenvalue weighted by molar-refractivity contribution is -0.121. The molecular weight excluding hydrogens is 379 g/mol. The molecule has 9 heteroatoms. The molecule has 0 radical (unpaired) electrons. The topological polar surface area (TPSA) is 88.3 Å². The lowest BCUT2D eigenvalue weighted by atomic mass is 9.95. The van der Waals surface area contributed by atoms with Crippen molar-refractivity contribution in [2.75, 3.05) is 18.4 Å². The van der Waals surface area contributed by atoms with Crippen LogP contribution in [0.2, 0.25) is 0 Å². The Labute approximate surface area is 161 Å². The van der Waals surface area contributed by atoms with Gasteiger partial charge in [-0.05, 0) is 37.1 Å². The third-order valence-electron chi connectivity index (χ3n) is 4.21. The van der Waals surface area contributed by atoms with Crippen molar-refractivity contribution in [3.8, 4) is 0 Å². The molecule has 6 nitrogen and oxygen atoms in total. The lowest BCUT2D eigenvalue weighted by Crippen LogP contribution is -2.41. The summed E-state index contributed by atoms with van der Waals surface area (Å²) < 4.78 is 12.9. The summed E-state index contributed by atoms with van der Waals surface area (Å²) in [6.07, 6.45) is 1.18. The number of nitrogens with two attached hydrogens (primary N) is 1. The second kappa shape index (κ2) is 9.07. The molecule has 1 aliphatic rings. The summed E-state index contributed by atoms with van der Waals surface area (Å²) >= 11 is 1.38. The van der Waals surface area contributed by atoms with E-state index in [4.69, 9.17) is 5.73 Å². The van der Waals surface area contributed by atoms with Crippen LogP contribution >= 0.6 is 23.7 Å². The molecule has 3 N–H and O–H groups in total. The minimum atomic E-state index is -0.343. The number of benzene rings is 1. The monoisotopic (exact) mass is 398 g/mol. The van der Waals surface area contributed by atoms with E-state index >= 15 is 0 Å². The Hall–Kier alpha value is -2.03. The minimum absolute atomic E-state index is 0. The van der Waals surface area contributed by atoms with Crippen LogP contribution in [-0.4, -0.2) is 34.8 Å². The Bertz CT molecular complexity index is 760. The fourth-order valence-corrected chi connectivity index (χ4v) is 3.44. The van der Waals surface area contributed by atoms with E-state index in [-0.39, 0.29) is 36.0 Å². The second-order valence-corrected chi connectivity index (χ2v) is 6.84. The maximum atomic E-state index is 12.9. The first kappa shape index (κ1) is 20.3. The molecule has 1 fully saturated rings. The first-order valence-corrected chi connectivity index (χ1v) is 8.95. The van der Waals surface area contributed by atoms with Gasteiger partial charge in [0.2, 0.25) is 5.91 Å². The highest BCUT2D eigenvalue weighted by Crippen LogP contribution is 2.21. The standard InChI is InChI=1S/C17H19FN4O2S.ClH/c18-12-1-3-13(4-2-12)20-16(23)11-5-7-22(8-6-11)17(24)14-10-25-15(9-19)21-14;/h1-4,10-11H,5-9,19H2,(H,20,23);1H. The van der Waals surface area contributed by atoms with Crippen LogP contribution in [0.1, 0.15) is 28.3 Å². The zero-order valence-corrected chi connectivity index (χ0v) is 15.6. The van der Waals surface area contributed by atoms with Gasteiger partial charge in [0.25, 0.3) is 5.91 Å². The highest BCUT2D eigenvalue weighted by Gasteiger charge is 2.28. The zero-order chi connectivity index (χ0) is 17.8. The molecule has 0 bridgehead atoms. The van der Waals surface area contributed by atoms with Crippen LogP contribution in [0.5, 0.6) is 0 Å². The number of aromatic nitrogens is 1. The summed E-state index contributed by atoms with van der Waals surface area (Å²) in [6.45, 7) is 1.34. The Morgan fingerprint density at radius 3 is 2.50 bits per heavy atom. The van der Waals surface area contributed by atoms with E-state index in [1.54, 1.807) is 10.3 Å². The molecule has 0 saturated carbocycles. The number of likely N-dealkylation sites (tertiary alicyclic amines) is 1. The van der Waals surface area contributed by atoms with Gasteiger partial charge in [0.1, 0.15) is 16.5 Å². The molecule has 140 valence electrons. The van der Waals surface area contributed by atoms with Gasteiger partial charge in [0, 0.05) is 36.6 Å². The summed E-state index contributed by atoms with van der Waals surface area (Å²) in [5, 5.41) is 5.25. The molecule has 26 heavy (non-hydrogen) atoms. The van der Waals surface area contributed by atoms with Crippen molar-refractivity contribution >= 4 is 41.2 Å². The molecule has 3 rings (SSSR count). The number of piperidine rings is 1. The predicted octanol–water partition coefficient (Wildman–Crippen LogP) is 2.65. The number of hydrogen-bond donors (Lipinski definition) is 2. The van der Waals surface area contributed by atoms with Crippen molar-refractivity contribution in [2.24, 2.45) is 11.7 Å². The van der Waals surface area contributed by atoms with Gasteiger partial charge in [0.15, 0.2) is 0 Å². The van der Waals surface area contributed by atoms with E-state index in [0.717, 1.165) is 5.01 Å². The van der Waals surface area contributed by atoms with Gasteiger partial charge in [-0.25, -0.2) is 9.37 Å². The molecule has 0 unspecified atom stereocenters. The van der Waals surface area contributed by atoms with Crippen LogP contribution in [-0.2, 0) is 11.3 Å². The molecule has 0 aliphatic carbocycles. The summed E-state index contributed by atoms with van der Waals surface area (Å²) in [4.78, 5) is 30.7. The van der Waals surface area contributed by atoms with Crippen molar-refractivity contribution in [1.29, 1.82) is 0 Å². The zero-order valence-electron chi connectivity index (χ0n) is 14.0. The maximum absolute atomic E-state index is 12.9. The van der Waals surface area contributed by atoms with Crippen molar-refractivity contribution in [1.82, 2.24) is 9.88 Å². The quantitative estimate of drug-likeness (QED) is 0.828. The van der Waals surface area contributed by atoms with Crippen molar-refractivity contribution in [3.63, 3.8) is 0 Å². The van der Waals surface area contributed by atoms with Crippen LogP contribution in [0.15, 0.2) is 29.6 Å². The number of carbonyl (C=O) groups is 2. The smallest absolute Gasteiger partial charge is 0.273 e. The van der Waals surface area contributed by atoms with Gasteiger partial charge >= 0.3 is 0 Å². The van der Waals surface area contributed by atoms with Crippen LogP contribution < -0.4 is 11.1 Å². The molecule has 1 aromatic carbocycles. The van der Waals surface area contributed by atoms with Gasteiger partial charge in [-0.2, -0.15) is 0 Å². The third kappa shape index (κ3) is 4.78. The molecule has 1 aliphatic heterocycles. The Kier molecular flexibility index (Phi) is 7.07. The van der Waals surface area contributed by atoms with Gasteiger partial charge in [-0.15, -0.1) is 23.7 Å². The normalized spacial score (nSPS) is 14.6. The largest absolute Gasteiger partial charge is 0.337 e. The first-order valence-electron chi connectivity index (χ1n) is 8.07. The molecular formula is C17H20ClFN4O2S. The summed E-state index contributed by atoms with van der Waals surface area (Å²) in [5.74, 6) is -0.722. The van der Waals surface area contributed by atoms with Gasteiger partial charge in [-0.3, -0.25) is 9.59 Å². The van der Waals surface area contributed by atoms with Gasteiger partial charge in [-0.1, -0.05) is 0 Å². The Morgan fingerprint density at radius 2 is 1.92 bits per heavy atom. The number of halogens is 2. The average molecular weight is 399 g/mol. The predicted molar refractivity (Wildman–Crippen MR) is 101 cm³/mol. The SMILES string of the molecule is Cl.NCc1nc(C(=O)N2CCC(C(=O)Nc3ccc(F)cc3)CC2)cs1. The van der Waals surface area contributed by atoms with E-state index < -0.39 is 0 Å². The number of rotatable bonds is 4. The average Bonchev–Trinajstić information content (AvgIpc) is 3.12. The van der Waals surface area contributed by atoms with E-state index in [1.807, 2.05) is 0 Å². The van der Waals surface area contributed by atoms with Crippen LogP contribution in [0, 0.1) is 11.7 Å². The highest BCUT2D eigenvalue weighted by molar-refractivity contribution is 7.09. The van der Waals surface area contributed by atoms with Crippen molar-refractivity contribution < 1.29 is 14.0 Å². The fourth-order valence-electron chi connectivity index (χ4n) is 2.79. The highest BCUT2D eigenvalue weighted by atomic mass is 35.5. The lowest BCUT2D eigenvalue weighted by Gasteiger charge is -2.30. The summed E-state index contributed by atoms with van der Waals surface area (Å²) in [7, 11) is 0. The van der Waals surface area contributed by atoms with Crippen LogP contribution in [0.3, 0.4) is 0 Å². The number of nitrogens with zero attached hydrogens (tertiary/aromatic N) is 2. The van der Waals surface area contributed by atoms with Crippen molar-refractivity contribution in [2.45, 2.75) is 19.4 Å². The van der Waals surface area contributed by atoms with E-state index in [2.05, 4.69) is 10.3 Å². The summed E-state index contributed by atoms with van der Waals surface area (Å²) in [6, 6.07) is 5.67. The Morgan fingerprint density at radius 1 is 1.27 bits per heavy atom. The van der Waals surface area contributed by atoms with Crippen LogP contribution in [0.25, 0.3) is 0 Å². The molecule has 1 saturated heterocycles. The van der Waals surface area contributed by atoms with Gasteiger partial charge in [0.05, 0.1) is 0 Å². The Balaban J connectivity index is 0.00000243. The number of hydrogen-bond acceptors (Lipinski definition) is 5. The first-order chi connectivity index (χ1) is 12.1. The third-order valence-corrected chi connectivity index (χ3v) is 5.08. The van der Waals surface area contributed by atoms with E-state index in [0.29, 0.717) is 43.9 Å². The minimum Gasteiger partial charge on any atom is -0.337 e. The molecule has 2 heterocycles.